The average Bonchev–Trinajstić information content (AvgIpc) is 3.37. The highest BCUT2D eigenvalue weighted by atomic mass is 35.5. The number of ether oxygens (including phenoxy) is 1. The van der Waals surface area contributed by atoms with Crippen LogP contribution in [0.2, 0.25) is 0 Å². The number of nitrogens with zero attached hydrogens (tertiary/aromatic N) is 3. The van der Waals surface area contributed by atoms with Gasteiger partial charge in [0.25, 0.3) is 0 Å². The quantitative estimate of drug-likeness (QED) is 0.783. The molecule has 2 fully saturated rings. The molecule has 2 saturated carbocycles. The Hall–Kier alpha value is -1.43. The van der Waals surface area contributed by atoms with E-state index in [9.17, 15) is 0 Å². The van der Waals surface area contributed by atoms with Gasteiger partial charge in [0.1, 0.15) is 5.82 Å². The molecule has 4 rings (SSSR count). The third kappa shape index (κ3) is 4.76. The van der Waals surface area contributed by atoms with E-state index in [0.717, 1.165) is 43.9 Å². The van der Waals surface area contributed by atoms with Crippen molar-refractivity contribution in [3.8, 4) is 0 Å². The molecule has 6 heteroatoms. The van der Waals surface area contributed by atoms with Crippen LogP contribution in [0.25, 0.3) is 0 Å². The zero-order valence-corrected chi connectivity index (χ0v) is 17.6. The molecule has 2 aliphatic rings. The van der Waals surface area contributed by atoms with Gasteiger partial charge in [-0.05, 0) is 44.1 Å². The second kappa shape index (κ2) is 9.86. The molecular formula is C22H33ClN4O. The number of halogens is 1. The Labute approximate surface area is 174 Å². The van der Waals surface area contributed by atoms with Gasteiger partial charge in [-0.25, -0.2) is 9.67 Å². The minimum absolute atomic E-state index is 0. The summed E-state index contributed by atoms with van der Waals surface area (Å²) in [6.45, 7) is 0.887. The van der Waals surface area contributed by atoms with Gasteiger partial charge in [0, 0.05) is 31.5 Å². The highest BCUT2D eigenvalue weighted by Gasteiger charge is 2.33. The maximum atomic E-state index is 6.38. The number of nitrogens with two attached hydrogens (primary N) is 1. The molecular weight excluding hydrogens is 372 g/mol. The number of methoxy groups -OCH3 is 1. The monoisotopic (exact) mass is 404 g/mol. The van der Waals surface area contributed by atoms with Gasteiger partial charge in [-0.3, -0.25) is 0 Å². The first kappa shape index (κ1) is 21.3. The van der Waals surface area contributed by atoms with Crippen LogP contribution in [0.4, 0.5) is 0 Å². The lowest BCUT2D eigenvalue weighted by molar-refractivity contribution is 0.0479. The molecule has 1 aromatic heterocycles. The van der Waals surface area contributed by atoms with E-state index >= 15 is 0 Å². The Kier molecular flexibility index (Phi) is 7.49. The first-order valence-corrected chi connectivity index (χ1v) is 10.5. The van der Waals surface area contributed by atoms with Crippen LogP contribution in [-0.4, -0.2) is 34.0 Å². The van der Waals surface area contributed by atoms with Crippen LogP contribution in [0.15, 0.2) is 30.3 Å². The van der Waals surface area contributed by atoms with E-state index in [-0.39, 0.29) is 24.6 Å². The summed E-state index contributed by atoms with van der Waals surface area (Å²) in [6.07, 6.45) is 9.28. The molecule has 2 aliphatic carbocycles. The van der Waals surface area contributed by atoms with Crippen LogP contribution in [-0.2, 0) is 17.7 Å². The van der Waals surface area contributed by atoms with E-state index in [1.807, 2.05) is 0 Å². The van der Waals surface area contributed by atoms with Crippen molar-refractivity contribution in [2.24, 2.45) is 5.73 Å². The topological polar surface area (TPSA) is 66.0 Å². The minimum Gasteiger partial charge on any atom is -0.380 e. The third-order valence-electron chi connectivity index (χ3n) is 6.39. The normalized spacial score (nSPS) is 25.6. The van der Waals surface area contributed by atoms with Crippen LogP contribution in [0.3, 0.4) is 0 Å². The van der Waals surface area contributed by atoms with Crippen molar-refractivity contribution < 1.29 is 4.74 Å². The minimum atomic E-state index is 0. The molecule has 0 aliphatic heterocycles. The summed E-state index contributed by atoms with van der Waals surface area (Å²) in [5.74, 6) is 3.16. The molecule has 5 nitrogen and oxygen atoms in total. The van der Waals surface area contributed by atoms with Gasteiger partial charge < -0.3 is 10.5 Å². The fourth-order valence-corrected chi connectivity index (χ4v) is 4.78. The molecule has 0 unspecified atom stereocenters. The van der Waals surface area contributed by atoms with Crippen molar-refractivity contribution in [1.82, 2.24) is 14.8 Å². The van der Waals surface area contributed by atoms with Crippen molar-refractivity contribution in [3.05, 3.63) is 47.5 Å². The molecule has 154 valence electrons. The van der Waals surface area contributed by atoms with E-state index in [1.54, 1.807) is 7.11 Å². The Morgan fingerprint density at radius 1 is 1.07 bits per heavy atom. The van der Waals surface area contributed by atoms with E-state index < -0.39 is 0 Å². The lowest BCUT2D eigenvalue weighted by Gasteiger charge is -2.32. The van der Waals surface area contributed by atoms with Gasteiger partial charge in [0.05, 0.1) is 6.10 Å². The van der Waals surface area contributed by atoms with Crippen molar-refractivity contribution >= 4 is 12.4 Å². The standard InChI is InChI=1S/C22H32N4O.ClH/c1-27-20-12-11-18(15-19(20)23)22-24-21(17-9-5-6-10-17)25-26(22)14-13-16-7-3-2-4-8-16;/h2-4,7-8,17-20H,5-6,9-15,23H2,1H3;1H/t18-,19+,20+;/m0./s1. The zero-order chi connectivity index (χ0) is 18.6. The van der Waals surface area contributed by atoms with Gasteiger partial charge >= 0.3 is 0 Å². The summed E-state index contributed by atoms with van der Waals surface area (Å²) in [6, 6.07) is 10.7. The molecule has 0 bridgehead atoms. The largest absolute Gasteiger partial charge is 0.380 e. The maximum absolute atomic E-state index is 6.38. The van der Waals surface area contributed by atoms with E-state index in [1.165, 1.54) is 31.2 Å². The van der Waals surface area contributed by atoms with Gasteiger partial charge in [-0.1, -0.05) is 43.2 Å². The number of aromatic nitrogens is 3. The van der Waals surface area contributed by atoms with Crippen LogP contribution >= 0.6 is 12.4 Å². The SMILES string of the molecule is CO[C@@H]1CC[C@H](c2nc(C3CCCC3)nn2CCc2ccccc2)C[C@H]1N.Cl. The average molecular weight is 405 g/mol. The molecule has 0 saturated heterocycles. The molecule has 1 aromatic carbocycles. The zero-order valence-electron chi connectivity index (χ0n) is 16.8. The smallest absolute Gasteiger partial charge is 0.154 e. The Morgan fingerprint density at radius 2 is 1.82 bits per heavy atom. The number of hydrogen-bond acceptors (Lipinski definition) is 4. The van der Waals surface area contributed by atoms with Crippen LogP contribution < -0.4 is 5.73 Å². The molecule has 28 heavy (non-hydrogen) atoms. The van der Waals surface area contributed by atoms with E-state index in [0.29, 0.717) is 11.8 Å². The van der Waals surface area contributed by atoms with E-state index in [4.69, 9.17) is 20.6 Å². The van der Waals surface area contributed by atoms with Crippen molar-refractivity contribution in [1.29, 1.82) is 0 Å². The molecule has 2 aromatic rings. The highest BCUT2D eigenvalue weighted by Crippen LogP contribution is 2.36. The van der Waals surface area contributed by atoms with Crippen molar-refractivity contribution in [2.75, 3.05) is 7.11 Å². The third-order valence-corrected chi connectivity index (χ3v) is 6.39. The molecule has 1 heterocycles. The molecule has 0 spiro atoms. The summed E-state index contributed by atoms with van der Waals surface area (Å²) < 4.78 is 7.73. The summed E-state index contributed by atoms with van der Waals surface area (Å²) >= 11 is 0. The lowest BCUT2D eigenvalue weighted by atomic mass is 9.83. The Bertz CT molecular complexity index is 729. The van der Waals surface area contributed by atoms with E-state index in [2.05, 4.69) is 35.0 Å². The Balaban J connectivity index is 0.00000225. The van der Waals surface area contributed by atoms with Gasteiger partial charge in [0.2, 0.25) is 0 Å². The maximum Gasteiger partial charge on any atom is 0.154 e. The first-order chi connectivity index (χ1) is 13.2. The van der Waals surface area contributed by atoms with Gasteiger partial charge in [-0.2, -0.15) is 5.10 Å². The number of benzene rings is 1. The van der Waals surface area contributed by atoms with Crippen molar-refractivity contribution in [2.45, 2.75) is 81.9 Å². The van der Waals surface area contributed by atoms with Crippen LogP contribution in [0.1, 0.15) is 74.0 Å². The number of rotatable bonds is 6. The molecule has 2 N–H and O–H groups in total. The number of aryl methyl sites for hydroxylation is 2. The second-order valence-corrected chi connectivity index (χ2v) is 8.22. The molecule has 3 atom stereocenters. The molecule has 0 radical (unpaired) electrons. The fraction of sp³-hybridized carbons (Fsp3) is 0.636. The van der Waals surface area contributed by atoms with Gasteiger partial charge in [0.15, 0.2) is 5.82 Å². The predicted octanol–water partition coefficient (Wildman–Crippen LogP) is 4.21. The molecule has 0 amide bonds. The van der Waals surface area contributed by atoms with Crippen LogP contribution in [0, 0.1) is 0 Å². The van der Waals surface area contributed by atoms with Crippen molar-refractivity contribution in [3.63, 3.8) is 0 Å². The Morgan fingerprint density at radius 3 is 2.50 bits per heavy atom. The second-order valence-electron chi connectivity index (χ2n) is 8.22. The lowest BCUT2D eigenvalue weighted by Crippen LogP contribution is -2.41. The van der Waals surface area contributed by atoms with Gasteiger partial charge in [-0.15, -0.1) is 12.4 Å². The summed E-state index contributed by atoms with van der Waals surface area (Å²) in [4.78, 5) is 5.07. The summed E-state index contributed by atoms with van der Waals surface area (Å²) in [5.41, 5.74) is 7.73. The highest BCUT2D eigenvalue weighted by molar-refractivity contribution is 5.85. The summed E-state index contributed by atoms with van der Waals surface area (Å²) in [7, 11) is 1.77. The predicted molar refractivity (Wildman–Crippen MR) is 114 cm³/mol. The summed E-state index contributed by atoms with van der Waals surface area (Å²) in [5, 5.41) is 4.98. The number of hydrogen-bond donors (Lipinski definition) is 1. The fourth-order valence-electron chi connectivity index (χ4n) is 4.78. The first-order valence-electron chi connectivity index (χ1n) is 10.5. The van der Waals surface area contributed by atoms with Crippen LogP contribution in [0.5, 0.6) is 0 Å².